The Morgan fingerprint density at radius 1 is 1.03 bits per heavy atom. The maximum absolute atomic E-state index is 13.9. The Labute approximate surface area is 190 Å². The van der Waals surface area contributed by atoms with Gasteiger partial charge in [0, 0.05) is 36.3 Å². The fraction of sp³-hybridized carbons (Fsp3) is 0.125. The van der Waals surface area contributed by atoms with Gasteiger partial charge < -0.3 is 4.90 Å². The third kappa shape index (κ3) is 4.03. The first-order valence-corrected chi connectivity index (χ1v) is 12.1. The second-order valence-electron chi connectivity index (χ2n) is 7.88. The molecule has 0 aliphatic carbocycles. The fourth-order valence-electron chi connectivity index (χ4n) is 3.91. The summed E-state index contributed by atoms with van der Waals surface area (Å²) in [5.41, 5.74) is 2.80. The molecule has 166 valence electrons. The second-order valence-corrected chi connectivity index (χ2v) is 9.90. The molecule has 2 aromatic heterocycles. The summed E-state index contributed by atoms with van der Waals surface area (Å²) in [4.78, 5) is 19.4. The van der Waals surface area contributed by atoms with Crippen LogP contribution in [0.25, 0.3) is 16.9 Å². The number of carbonyl (C=O) groups excluding carboxylic acids is 1. The third-order valence-corrected chi connectivity index (χ3v) is 6.65. The summed E-state index contributed by atoms with van der Waals surface area (Å²) in [6, 6.07) is 15.8. The zero-order valence-electron chi connectivity index (χ0n) is 17.6. The highest BCUT2D eigenvalue weighted by atomic mass is 32.2. The molecule has 0 radical (unpaired) electrons. The van der Waals surface area contributed by atoms with E-state index in [0.717, 1.165) is 17.5 Å². The van der Waals surface area contributed by atoms with Gasteiger partial charge in [-0.3, -0.25) is 4.79 Å². The smallest absolute Gasteiger partial charge is 0.255 e. The molecule has 7 nitrogen and oxygen atoms in total. The first-order valence-electron chi connectivity index (χ1n) is 10.2. The van der Waals surface area contributed by atoms with Crippen LogP contribution in [0.3, 0.4) is 0 Å². The number of carbonyl (C=O) groups is 1. The first kappa shape index (κ1) is 21.0. The van der Waals surface area contributed by atoms with Crippen molar-refractivity contribution in [1.29, 1.82) is 0 Å². The number of hydrogen-bond acceptors (Lipinski definition) is 5. The van der Waals surface area contributed by atoms with Gasteiger partial charge >= 0.3 is 0 Å². The van der Waals surface area contributed by atoms with E-state index in [1.54, 1.807) is 34.0 Å². The largest absolute Gasteiger partial charge is 0.328 e. The number of pyridine rings is 1. The Morgan fingerprint density at radius 2 is 1.88 bits per heavy atom. The molecule has 0 spiro atoms. The molecule has 1 aliphatic heterocycles. The minimum atomic E-state index is -3.54. The lowest BCUT2D eigenvalue weighted by Gasteiger charge is -2.19. The van der Waals surface area contributed by atoms with Gasteiger partial charge in [0.1, 0.15) is 5.82 Å². The van der Waals surface area contributed by atoms with E-state index in [1.165, 1.54) is 24.3 Å². The highest BCUT2D eigenvalue weighted by Crippen LogP contribution is 2.31. The van der Waals surface area contributed by atoms with E-state index >= 15 is 0 Å². The van der Waals surface area contributed by atoms with Crippen LogP contribution >= 0.6 is 0 Å². The van der Waals surface area contributed by atoms with E-state index in [9.17, 15) is 17.6 Å². The van der Waals surface area contributed by atoms with Gasteiger partial charge in [0.2, 0.25) is 0 Å². The molecule has 0 saturated carbocycles. The SMILES string of the molecule is CS(=O)(=O)c1ccc(-c2cccc(F)c2)c(C(=O)N2Cc3cn(-c4ccccn4)nc3C2)c1. The molecule has 3 heterocycles. The van der Waals surface area contributed by atoms with E-state index in [0.29, 0.717) is 23.5 Å². The minimum absolute atomic E-state index is 0.0308. The molecule has 0 fully saturated rings. The van der Waals surface area contributed by atoms with Crippen LogP contribution < -0.4 is 0 Å². The average molecular weight is 463 g/mol. The summed E-state index contributed by atoms with van der Waals surface area (Å²) < 4.78 is 39.8. The molecule has 1 amide bonds. The molecule has 5 rings (SSSR count). The molecule has 1 aliphatic rings. The summed E-state index contributed by atoms with van der Waals surface area (Å²) in [5.74, 6) is -0.107. The number of benzene rings is 2. The lowest BCUT2D eigenvalue weighted by Crippen LogP contribution is -2.26. The van der Waals surface area contributed by atoms with E-state index < -0.39 is 15.7 Å². The van der Waals surface area contributed by atoms with Crippen LogP contribution in [0.15, 0.2) is 78.0 Å². The van der Waals surface area contributed by atoms with Crippen LogP contribution in [-0.4, -0.2) is 40.2 Å². The normalized spacial score (nSPS) is 13.2. The maximum Gasteiger partial charge on any atom is 0.255 e. The lowest BCUT2D eigenvalue weighted by atomic mass is 9.98. The quantitative estimate of drug-likeness (QED) is 0.462. The lowest BCUT2D eigenvalue weighted by molar-refractivity contribution is 0.0749. The highest BCUT2D eigenvalue weighted by molar-refractivity contribution is 7.90. The zero-order chi connectivity index (χ0) is 23.2. The van der Waals surface area contributed by atoms with E-state index in [-0.39, 0.29) is 22.9 Å². The third-order valence-electron chi connectivity index (χ3n) is 5.54. The number of nitrogens with zero attached hydrogens (tertiary/aromatic N) is 4. The van der Waals surface area contributed by atoms with Gasteiger partial charge in [-0.05, 0) is 47.5 Å². The monoisotopic (exact) mass is 462 g/mol. The van der Waals surface area contributed by atoms with Crippen molar-refractivity contribution in [2.75, 3.05) is 6.26 Å². The molecule has 0 saturated heterocycles. The molecular formula is C24H19FN4O3S. The molecule has 4 aromatic rings. The number of fused-ring (bicyclic) bond motifs is 1. The van der Waals surface area contributed by atoms with E-state index in [4.69, 9.17) is 0 Å². The summed E-state index contributed by atoms with van der Waals surface area (Å²) in [7, 11) is -3.54. The van der Waals surface area contributed by atoms with Crippen molar-refractivity contribution in [3.05, 3.63) is 95.7 Å². The zero-order valence-corrected chi connectivity index (χ0v) is 18.5. The molecule has 0 atom stereocenters. The minimum Gasteiger partial charge on any atom is -0.328 e. The molecule has 0 unspecified atom stereocenters. The molecule has 0 bridgehead atoms. The van der Waals surface area contributed by atoms with Gasteiger partial charge in [0.15, 0.2) is 15.7 Å². The number of halogens is 1. The second kappa shape index (κ2) is 7.93. The molecular weight excluding hydrogens is 443 g/mol. The number of rotatable bonds is 4. The van der Waals surface area contributed by atoms with Crippen LogP contribution in [0, 0.1) is 5.82 Å². The predicted molar refractivity (Wildman–Crippen MR) is 120 cm³/mol. The molecule has 9 heteroatoms. The van der Waals surface area contributed by atoms with Crippen LogP contribution in [-0.2, 0) is 22.9 Å². The predicted octanol–water partition coefficient (Wildman–Crippen LogP) is 3.63. The first-order chi connectivity index (χ1) is 15.8. The Hall–Kier alpha value is -3.85. The van der Waals surface area contributed by atoms with E-state index in [2.05, 4.69) is 10.1 Å². The van der Waals surface area contributed by atoms with Crippen molar-refractivity contribution in [2.45, 2.75) is 18.0 Å². The number of aromatic nitrogens is 3. The number of amides is 1. The summed E-state index contributed by atoms with van der Waals surface area (Å²) in [6.45, 7) is 0.604. The Morgan fingerprint density at radius 3 is 2.58 bits per heavy atom. The fourth-order valence-corrected chi connectivity index (χ4v) is 4.56. The Bertz CT molecular complexity index is 1460. The Kier molecular flexibility index (Phi) is 5.05. The van der Waals surface area contributed by atoms with Crippen LogP contribution in [0.4, 0.5) is 4.39 Å². The van der Waals surface area contributed by atoms with Gasteiger partial charge in [0.25, 0.3) is 5.91 Å². The maximum atomic E-state index is 13.9. The van der Waals surface area contributed by atoms with Crippen LogP contribution in [0.1, 0.15) is 21.6 Å². The molecule has 0 N–H and O–H groups in total. The average Bonchev–Trinajstić information content (AvgIpc) is 3.38. The van der Waals surface area contributed by atoms with Gasteiger partial charge in [-0.2, -0.15) is 5.10 Å². The van der Waals surface area contributed by atoms with Crippen LogP contribution in [0.5, 0.6) is 0 Å². The van der Waals surface area contributed by atoms with Crippen molar-refractivity contribution in [2.24, 2.45) is 0 Å². The Balaban J connectivity index is 1.50. The van der Waals surface area contributed by atoms with Gasteiger partial charge in [0.05, 0.1) is 17.1 Å². The standard InChI is InChI=1S/C24H19FN4O3S/c1-33(31,32)19-8-9-20(16-5-4-6-18(25)11-16)21(12-19)24(30)28-13-17-14-29(27-22(17)15-28)23-7-2-3-10-26-23/h2-12,14H,13,15H2,1H3. The van der Waals surface area contributed by atoms with Crippen molar-refractivity contribution in [1.82, 2.24) is 19.7 Å². The number of hydrogen-bond donors (Lipinski definition) is 0. The van der Waals surface area contributed by atoms with Gasteiger partial charge in [-0.15, -0.1) is 0 Å². The summed E-state index contributed by atoms with van der Waals surface area (Å²) in [6.07, 6.45) is 4.61. The topological polar surface area (TPSA) is 85.2 Å². The van der Waals surface area contributed by atoms with Gasteiger partial charge in [-0.1, -0.05) is 24.3 Å². The van der Waals surface area contributed by atoms with Crippen LogP contribution in [0.2, 0.25) is 0 Å². The molecule has 33 heavy (non-hydrogen) atoms. The van der Waals surface area contributed by atoms with E-state index in [1.807, 2.05) is 24.4 Å². The summed E-state index contributed by atoms with van der Waals surface area (Å²) >= 11 is 0. The van der Waals surface area contributed by atoms with Crippen molar-refractivity contribution >= 4 is 15.7 Å². The van der Waals surface area contributed by atoms with Gasteiger partial charge in [-0.25, -0.2) is 22.5 Å². The van der Waals surface area contributed by atoms with Crippen molar-refractivity contribution in [3.8, 4) is 16.9 Å². The van der Waals surface area contributed by atoms with Crippen molar-refractivity contribution in [3.63, 3.8) is 0 Å². The number of sulfone groups is 1. The molecule has 2 aromatic carbocycles. The summed E-state index contributed by atoms with van der Waals surface area (Å²) in [5, 5.41) is 4.55. The van der Waals surface area contributed by atoms with Crippen molar-refractivity contribution < 1.29 is 17.6 Å². The highest BCUT2D eigenvalue weighted by Gasteiger charge is 2.29.